The maximum atomic E-state index is 4.15. The molecular weight excluding hydrogens is 294 g/mol. The first kappa shape index (κ1) is 17.9. The van der Waals surface area contributed by atoms with Gasteiger partial charge in [0.2, 0.25) is 0 Å². The van der Waals surface area contributed by atoms with E-state index in [1.54, 1.807) is 0 Å². The van der Waals surface area contributed by atoms with Crippen LogP contribution in [0.5, 0.6) is 0 Å². The summed E-state index contributed by atoms with van der Waals surface area (Å²) in [6.45, 7) is 11.4. The van der Waals surface area contributed by atoms with Crippen molar-refractivity contribution in [2.24, 2.45) is 11.3 Å². The number of hydrogen-bond donors (Lipinski definition) is 0. The van der Waals surface area contributed by atoms with E-state index in [4.69, 9.17) is 0 Å². The number of nitrogens with zero attached hydrogens (tertiary/aromatic N) is 3. The van der Waals surface area contributed by atoms with Gasteiger partial charge in [-0.05, 0) is 107 Å². The second kappa shape index (κ2) is 7.97. The average Bonchev–Trinajstić information content (AvgIpc) is 2.62. The maximum absolute atomic E-state index is 4.15. The van der Waals surface area contributed by atoms with Gasteiger partial charge >= 0.3 is 0 Å². The molecule has 0 unspecified atom stereocenters. The van der Waals surface area contributed by atoms with Crippen molar-refractivity contribution in [1.82, 2.24) is 14.8 Å². The lowest BCUT2D eigenvalue weighted by molar-refractivity contribution is 0.0884. The largest absolute Gasteiger partial charge is 0.306 e. The maximum Gasteiger partial charge on any atom is 0.0270 e. The third-order valence-electron chi connectivity index (χ3n) is 6.66. The van der Waals surface area contributed by atoms with Crippen LogP contribution >= 0.6 is 0 Å². The Hall–Kier alpha value is -0.930. The fraction of sp³-hybridized carbons (Fsp3) is 0.762. The zero-order valence-electron chi connectivity index (χ0n) is 15.9. The lowest BCUT2D eigenvalue weighted by Crippen LogP contribution is -2.40. The lowest BCUT2D eigenvalue weighted by Gasteiger charge is -2.41. The summed E-state index contributed by atoms with van der Waals surface area (Å²) in [6, 6.07) is 4.40. The van der Waals surface area contributed by atoms with E-state index in [2.05, 4.69) is 47.8 Å². The van der Waals surface area contributed by atoms with Crippen LogP contribution in [-0.4, -0.2) is 54.6 Å². The molecule has 0 N–H and O–H groups in total. The number of rotatable bonds is 5. The van der Waals surface area contributed by atoms with E-state index in [-0.39, 0.29) is 0 Å². The van der Waals surface area contributed by atoms with Crippen LogP contribution in [0.1, 0.15) is 57.4 Å². The fourth-order valence-corrected chi connectivity index (χ4v) is 4.57. The third-order valence-corrected chi connectivity index (χ3v) is 6.66. The standard InChI is InChI=1S/C21H35N3/c1-21(2,20-8-13-23(3)14-9-20)10-17-24-15-6-19(7-16-24)18-4-11-22-12-5-18/h4-5,11-12,19-20H,6-10,13-17H2,1-3H3. The Labute approximate surface area is 148 Å². The van der Waals surface area contributed by atoms with E-state index in [1.807, 2.05) is 12.4 Å². The molecule has 1 aromatic heterocycles. The van der Waals surface area contributed by atoms with Crippen molar-refractivity contribution in [2.75, 3.05) is 39.8 Å². The van der Waals surface area contributed by atoms with Crippen LogP contribution in [0.3, 0.4) is 0 Å². The Kier molecular flexibility index (Phi) is 5.93. The van der Waals surface area contributed by atoms with Crippen molar-refractivity contribution in [1.29, 1.82) is 0 Å². The molecule has 3 nitrogen and oxygen atoms in total. The van der Waals surface area contributed by atoms with Gasteiger partial charge in [-0.2, -0.15) is 0 Å². The molecule has 2 saturated heterocycles. The van der Waals surface area contributed by atoms with Crippen molar-refractivity contribution in [3.05, 3.63) is 30.1 Å². The highest BCUT2D eigenvalue weighted by atomic mass is 15.1. The second-order valence-electron chi connectivity index (χ2n) is 8.71. The van der Waals surface area contributed by atoms with E-state index < -0.39 is 0 Å². The molecule has 24 heavy (non-hydrogen) atoms. The van der Waals surface area contributed by atoms with E-state index in [0.717, 1.165) is 11.8 Å². The molecule has 0 atom stereocenters. The highest BCUT2D eigenvalue weighted by Gasteiger charge is 2.32. The minimum absolute atomic E-state index is 0.489. The van der Waals surface area contributed by atoms with Crippen molar-refractivity contribution >= 4 is 0 Å². The minimum atomic E-state index is 0.489. The van der Waals surface area contributed by atoms with Crippen LogP contribution < -0.4 is 0 Å². The van der Waals surface area contributed by atoms with E-state index >= 15 is 0 Å². The average molecular weight is 330 g/mol. The predicted octanol–water partition coefficient (Wildman–Crippen LogP) is 4.02. The molecule has 3 rings (SSSR count). The second-order valence-corrected chi connectivity index (χ2v) is 8.71. The van der Waals surface area contributed by atoms with Gasteiger partial charge in [-0.25, -0.2) is 0 Å². The van der Waals surface area contributed by atoms with Gasteiger partial charge in [0.1, 0.15) is 0 Å². The number of aromatic nitrogens is 1. The number of likely N-dealkylation sites (tertiary alicyclic amines) is 2. The zero-order chi connectivity index (χ0) is 17.0. The smallest absolute Gasteiger partial charge is 0.0270 e. The quantitative estimate of drug-likeness (QED) is 0.813. The Balaban J connectivity index is 1.43. The zero-order valence-corrected chi connectivity index (χ0v) is 15.9. The molecule has 0 bridgehead atoms. The Morgan fingerprint density at radius 2 is 1.62 bits per heavy atom. The highest BCUT2D eigenvalue weighted by molar-refractivity contribution is 5.16. The van der Waals surface area contributed by atoms with Crippen molar-refractivity contribution in [2.45, 2.75) is 51.9 Å². The van der Waals surface area contributed by atoms with Gasteiger partial charge in [0.05, 0.1) is 0 Å². The summed E-state index contributed by atoms with van der Waals surface area (Å²) >= 11 is 0. The molecule has 2 fully saturated rings. The highest BCUT2D eigenvalue weighted by Crippen LogP contribution is 2.38. The van der Waals surface area contributed by atoms with Gasteiger partial charge in [-0.1, -0.05) is 13.8 Å². The van der Waals surface area contributed by atoms with Gasteiger partial charge in [0.25, 0.3) is 0 Å². The molecule has 0 radical (unpaired) electrons. The summed E-state index contributed by atoms with van der Waals surface area (Å²) in [7, 11) is 2.26. The van der Waals surface area contributed by atoms with Crippen LogP contribution in [0.15, 0.2) is 24.5 Å². The molecule has 0 spiro atoms. The summed E-state index contributed by atoms with van der Waals surface area (Å²) in [4.78, 5) is 9.33. The molecule has 3 heterocycles. The molecule has 0 aromatic carbocycles. The molecule has 1 aromatic rings. The van der Waals surface area contributed by atoms with E-state index in [1.165, 1.54) is 70.4 Å². The summed E-state index contributed by atoms with van der Waals surface area (Å²) < 4.78 is 0. The summed E-state index contributed by atoms with van der Waals surface area (Å²) in [6.07, 6.45) is 10.6. The molecule has 0 aliphatic carbocycles. The van der Waals surface area contributed by atoms with Gasteiger partial charge in [-0.15, -0.1) is 0 Å². The van der Waals surface area contributed by atoms with Crippen molar-refractivity contribution in [3.8, 4) is 0 Å². The first-order valence-electron chi connectivity index (χ1n) is 9.85. The van der Waals surface area contributed by atoms with Crippen LogP contribution in [0, 0.1) is 11.3 Å². The Morgan fingerprint density at radius 1 is 1.00 bits per heavy atom. The summed E-state index contributed by atoms with van der Waals surface area (Å²) in [5, 5.41) is 0. The minimum Gasteiger partial charge on any atom is -0.306 e. The third kappa shape index (κ3) is 4.58. The lowest BCUT2D eigenvalue weighted by atomic mass is 9.71. The molecule has 134 valence electrons. The van der Waals surface area contributed by atoms with Crippen molar-refractivity contribution in [3.63, 3.8) is 0 Å². The first-order chi connectivity index (χ1) is 11.5. The first-order valence-corrected chi connectivity index (χ1v) is 9.85. The van der Waals surface area contributed by atoms with Gasteiger partial charge < -0.3 is 9.80 Å². The molecular formula is C21H35N3. The van der Waals surface area contributed by atoms with Crippen LogP contribution in [0.25, 0.3) is 0 Å². The normalized spacial score (nSPS) is 22.8. The Morgan fingerprint density at radius 3 is 2.25 bits per heavy atom. The molecule has 3 heteroatoms. The molecule has 2 aliphatic heterocycles. The fourth-order valence-electron chi connectivity index (χ4n) is 4.57. The van der Waals surface area contributed by atoms with Crippen LogP contribution in [0.4, 0.5) is 0 Å². The molecule has 0 saturated carbocycles. The van der Waals surface area contributed by atoms with Crippen LogP contribution in [-0.2, 0) is 0 Å². The predicted molar refractivity (Wildman–Crippen MR) is 101 cm³/mol. The van der Waals surface area contributed by atoms with Gasteiger partial charge in [-0.3, -0.25) is 4.98 Å². The summed E-state index contributed by atoms with van der Waals surface area (Å²) in [5.41, 5.74) is 1.97. The molecule has 0 amide bonds. The van der Waals surface area contributed by atoms with Gasteiger partial charge in [0.15, 0.2) is 0 Å². The monoisotopic (exact) mass is 329 g/mol. The van der Waals surface area contributed by atoms with E-state index in [9.17, 15) is 0 Å². The summed E-state index contributed by atoms with van der Waals surface area (Å²) in [5.74, 6) is 1.65. The van der Waals surface area contributed by atoms with Crippen LogP contribution in [0.2, 0.25) is 0 Å². The number of pyridine rings is 1. The topological polar surface area (TPSA) is 19.4 Å². The van der Waals surface area contributed by atoms with Gasteiger partial charge in [0, 0.05) is 12.4 Å². The number of hydrogen-bond acceptors (Lipinski definition) is 3. The molecule has 2 aliphatic rings. The van der Waals surface area contributed by atoms with Crippen molar-refractivity contribution < 1.29 is 0 Å². The Bertz CT molecular complexity index is 483. The van der Waals surface area contributed by atoms with E-state index in [0.29, 0.717) is 5.41 Å². The number of piperidine rings is 2. The SMILES string of the molecule is CN1CCC(C(C)(C)CCN2CCC(c3ccncc3)CC2)CC1.